The Morgan fingerprint density at radius 3 is 2.55 bits per heavy atom. The second-order valence-corrected chi connectivity index (χ2v) is 5.91. The summed E-state index contributed by atoms with van der Waals surface area (Å²) in [5, 5.41) is 8.65. The van der Waals surface area contributed by atoms with Crippen LogP contribution < -0.4 is 4.72 Å². The van der Waals surface area contributed by atoms with E-state index in [-0.39, 0.29) is 12.2 Å². The number of sulfonamides is 1. The summed E-state index contributed by atoms with van der Waals surface area (Å²) in [5.74, 6) is -0.843. The predicted octanol–water partition coefficient (Wildman–Crippen LogP) is 0.931. The van der Waals surface area contributed by atoms with Crippen LogP contribution in [-0.4, -0.2) is 28.0 Å². The highest BCUT2D eigenvalue weighted by Crippen LogP contribution is 2.07. The summed E-state index contributed by atoms with van der Waals surface area (Å²) in [6, 6.07) is 8.11. The molecule has 1 N–H and O–H groups in total. The topological polar surface area (TPSA) is 96.3 Å². The molecule has 0 aliphatic heterocycles. The van der Waals surface area contributed by atoms with Crippen LogP contribution in [0.4, 0.5) is 0 Å². The number of benzene rings is 1. The van der Waals surface area contributed by atoms with Crippen molar-refractivity contribution in [3.05, 3.63) is 35.4 Å². The van der Waals surface area contributed by atoms with Gasteiger partial charge in [0.05, 0.1) is 17.4 Å². The molecule has 0 atom stereocenters. The molecule has 1 aromatic rings. The molecular formula is C13H16N2O4S. The molecule has 0 unspecified atom stereocenters. The number of hydrogen-bond acceptors (Lipinski definition) is 5. The lowest BCUT2D eigenvalue weighted by atomic mass is 10.2. The van der Waals surface area contributed by atoms with E-state index in [9.17, 15) is 13.2 Å². The highest BCUT2D eigenvalue weighted by molar-refractivity contribution is 7.89. The van der Waals surface area contributed by atoms with Gasteiger partial charge in [0.1, 0.15) is 0 Å². The molecule has 108 valence electrons. The monoisotopic (exact) mass is 296 g/mol. The maximum Gasteiger partial charge on any atom is 0.239 e. The third-order valence-electron chi connectivity index (χ3n) is 2.46. The normalized spacial score (nSPS) is 10.8. The number of hydrogen-bond donors (Lipinski definition) is 1. The van der Waals surface area contributed by atoms with Gasteiger partial charge < -0.3 is 4.74 Å². The van der Waals surface area contributed by atoms with Crippen LogP contribution in [-0.2, 0) is 25.3 Å². The largest absolute Gasteiger partial charge is 0.385 e. The van der Waals surface area contributed by atoms with E-state index >= 15 is 0 Å². The van der Waals surface area contributed by atoms with Gasteiger partial charge in [0.15, 0.2) is 0 Å². The minimum absolute atomic E-state index is 0.0977. The van der Waals surface area contributed by atoms with Gasteiger partial charge in [0, 0.05) is 20.1 Å². The molecule has 0 saturated heterocycles. The van der Waals surface area contributed by atoms with Gasteiger partial charge in [-0.3, -0.25) is 9.52 Å². The number of ether oxygens (including phenoxy) is 1. The van der Waals surface area contributed by atoms with Crippen LogP contribution in [0.25, 0.3) is 0 Å². The third kappa shape index (κ3) is 5.82. The molecular weight excluding hydrogens is 280 g/mol. The average Bonchev–Trinajstić information content (AvgIpc) is 2.38. The molecule has 0 aliphatic rings. The Balaban J connectivity index is 2.56. The van der Waals surface area contributed by atoms with Crippen LogP contribution in [0.5, 0.6) is 0 Å². The number of nitrogens with zero attached hydrogens (tertiary/aromatic N) is 1. The second kappa shape index (κ2) is 7.62. The maximum absolute atomic E-state index is 11.8. The van der Waals surface area contributed by atoms with Gasteiger partial charge in [-0.15, -0.1) is 0 Å². The van der Waals surface area contributed by atoms with Crippen molar-refractivity contribution < 1.29 is 17.9 Å². The number of rotatable bonds is 7. The Morgan fingerprint density at radius 2 is 2.00 bits per heavy atom. The zero-order valence-electron chi connectivity index (χ0n) is 11.1. The zero-order valence-corrected chi connectivity index (χ0v) is 11.9. The molecule has 1 aromatic carbocycles. The van der Waals surface area contributed by atoms with Gasteiger partial charge in [-0.05, 0) is 24.1 Å². The number of carbonyl (C=O) groups excluding carboxylic acids is 1. The van der Waals surface area contributed by atoms with E-state index in [1.807, 2.05) is 10.8 Å². The number of amides is 1. The van der Waals surface area contributed by atoms with Gasteiger partial charge in [-0.2, -0.15) is 5.26 Å². The summed E-state index contributed by atoms with van der Waals surface area (Å²) in [7, 11) is -2.20. The molecule has 0 radical (unpaired) electrons. The van der Waals surface area contributed by atoms with E-state index in [4.69, 9.17) is 10.00 Å². The molecule has 0 aromatic heterocycles. The van der Waals surface area contributed by atoms with E-state index < -0.39 is 15.9 Å². The minimum atomic E-state index is -3.71. The molecule has 20 heavy (non-hydrogen) atoms. The fourth-order valence-electron chi connectivity index (χ4n) is 1.53. The first-order chi connectivity index (χ1) is 9.46. The van der Waals surface area contributed by atoms with E-state index in [0.29, 0.717) is 24.2 Å². The Kier molecular flexibility index (Phi) is 6.15. The third-order valence-corrected chi connectivity index (χ3v) is 3.71. The first-order valence-corrected chi connectivity index (χ1v) is 7.63. The molecule has 0 spiro atoms. The van der Waals surface area contributed by atoms with Crippen molar-refractivity contribution in [3.63, 3.8) is 0 Å². The van der Waals surface area contributed by atoms with Crippen molar-refractivity contribution in [1.29, 1.82) is 5.26 Å². The number of carbonyl (C=O) groups is 1. The Labute approximate surface area is 118 Å². The van der Waals surface area contributed by atoms with Crippen LogP contribution in [0.2, 0.25) is 0 Å². The lowest BCUT2D eigenvalue weighted by molar-refractivity contribution is -0.119. The summed E-state index contributed by atoms with van der Waals surface area (Å²) < 4.78 is 30.3. The van der Waals surface area contributed by atoms with Crippen molar-refractivity contribution in [1.82, 2.24) is 4.72 Å². The Morgan fingerprint density at radius 1 is 1.35 bits per heavy atom. The molecule has 0 aliphatic carbocycles. The lowest BCUT2D eigenvalue weighted by Gasteiger charge is -2.07. The summed E-state index contributed by atoms with van der Waals surface area (Å²) in [6.07, 6.45) is 0.565. The van der Waals surface area contributed by atoms with E-state index in [1.54, 1.807) is 12.1 Å². The van der Waals surface area contributed by atoms with Gasteiger partial charge >= 0.3 is 0 Å². The van der Waals surface area contributed by atoms with Crippen molar-refractivity contribution >= 4 is 15.9 Å². The molecule has 0 bridgehead atoms. The number of nitrogens with one attached hydrogen (secondary N) is 1. The lowest BCUT2D eigenvalue weighted by Crippen LogP contribution is -2.31. The van der Waals surface area contributed by atoms with Gasteiger partial charge in [0.2, 0.25) is 15.9 Å². The van der Waals surface area contributed by atoms with Crippen molar-refractivity contribution in [3.8, 4) is 6.07 Å². The quantitative estimate of drug-likeness (QED) is 0.755. The van der Waals surface area contributed by atoms with E-state index in [2.05, 4.69) is 0 Å². The zero-order chi connectivity index (χ0) is 15.0. The maximum atomic E-state index is 11.8. The highest BCUT2D eigenvalue weighted by atomic mass is 32.2. The molecule has 6 nitrogen and oxygen atoms in total. The SMILES string of the molecule is COCCCC(=O)NS(=O)(=O)Cc1ccc(C#N)cc1. The van der Waals surface area contributed by atoms with Crippen LogP contribution >= 0.6 is 0 Å². The van der Waals surface area contributed by atoms with Gasteiger partial charge in [-0.1, -0.05) is 12.1 Å². The van der Waals surface area contributed by atoms with Crippen LogP contribution in [0.15, 0.2) is 24.3 Å². The molecule has 1 amide bonds. The molecule has 0 fully saturated rings. The molecule has 0 saturated carbocycles. The summed E-state index contributed by atoms with van der Waals surface area (Å²) in [6.45, 7) is 0.406. The van der Waals surface area contributed by atoms with Crippen LogP contribution in [0.3, 0.4) is 0 Å². The van der Waals surface area contributed by atoms with Crippen molar-refractivity contribution in [2.45, 2.75) is 18.6 Å². The molecule has 7 heteroatoms. The summed E-state index contributed by atoms with van der Waals surface area (Å²) in [5.41, 5.74) is 0.968. The first kappa shape index (κ1) is 16.1. The number of nitriles is 1. The average molecular weight is 296 g/mol. The molecule has 1 rings (SSSR count). The van der Waals surface area contributed by atoms with Gasteiger partial charge in [-0.25, -0.2) is 8.42 Å². The minimum Gasteiger partial charge on any atom is -0.385 e. The summed E-state index contributed by atoms with van der Waals surface area (Å²) >= 11 is 0. The molecule has 0 heterocycles. The van der Waals surface area contributed by atoms with Crippen molar-refractivity contribution in [2.75, 3.05) is 13.7 Å². The first-order valence-electron chi connectivity index (χ1n) is 5.98. The fourth-order valence-corrected chi connectivity index (χ4v) is 2.68. The Hall–Kier alpha value is -1.91. The van der Waals surface area contributed by atoms with Crippen LogP contribution in [0, 0.1) is 11.3 Å². The van der Waals surface area contributed by atoms with E-state index in [0.717, 1.165) is 0 Å². The van der Waals surface area contributed by atoms with E-state index in [1.165, 1.54) is 19.2 Å². The fraction of sp³-hybridized carbons (Fsp3) is 0.385. The van der Waals surface area contributed by atoms with Crippen LogP contribution in [0.1, 0.15) is 24.0 Å². The standard InChI is InChI=1S/C13H16N2O4S/c1-19-8-2-3-13(16)15-20(17,18)10-12-6-4-11(9-14)5-7-12/h4-7H,2-3,8,10H2,1H3,(H,15,16). The predicted molar refractivity (Wildman–Crippen MR) is 73.0 cm³/mol. The smallest absolute Gasteiger partial charge is 0.239 e. The second-order valence-electron chi connectivity index (χ2n) is 4.19. The number of methoxy groups -OCH3 is 1. The van der Waals surface area contributed by atoms with Crippen molar-refractivity contribution in [2.24, 2.45) is 0 Å². The summed E-state index contributed by atoms with van der Waals surface area (Å²) in [4.78, 5) is 11.4. The Bertz CT molecular complexity index is 588. The van der Waals surface area contributed by atoms with Gasteiger partial charge in [0.25, 0.3) is 0 Å². The highest BCUT2D eigenvalue weighted by Gasteiger charge is 2.15.